The quantitative estimate of drug-likeness (QED) is 0.686. The van der Waals surface area contributed by atoms with E-state index in [2.05, 4.69) is 26.6 Å². The van der Waals surface area contributed by atoms with Crippen molar-refractivity contribution in [1.29, 1.82) is 0 Å². The van der Waals surface area contributed by atoms with Gasteiger partial charge in [0.2, 0.25) is 5.91 Å². The van der Waals surface area contributed by atoms with E-state index in [0.29, 0.717) is 10.6 Å². The van der Waals surface area contributed by atoms with Gasteiger partial charge in [-0.25, -0.2) is 0 Å². The van der Waals surface area contributed by atoms with Crippen LogP contribution in [0.4, 0.5) is 0 Å². The summed E-state index contributed by atoms with van der Waals surface area (Å²) in [5.74, 6) is -0.657. The van der Waals surface area contributed by atoms with Gasteiger partial charge >= 0.3 is 0 Å². The standard InChI is InChI=1S/C20H22BrClN2O2/c1-12(2)18(24-19(25)16-6-4-5-7-17(16)22)20(26)23-13(3)14-8-10-15(21)11-9-14/h4-13,18H,1-3H3,(H,23,26)(H,24,25). The average molecular weight is 438 g/mol. The van der Waals surface area contributed by atoms with E-state index in [0.717, 1.165) is 10.0 Å². The summed E-state index contributed by atoms with van der Waals surface area (Å²) in [5, 5.41) is 6.12. The predicted molar refractivity (Wildman–Crippen MR) is 108 cm³/mol. The minimum absolute atomic E-state index is 0.0708. The molecule has 0 bridgehead atoms. The lowest BCUT2D eigenvalue weighted by molar-refractivity contribution is -0.124. The van der Waals surface area contributed by atoms with Crippen molar-refractivity contribution in [2.75, 3.05) is 0 Å². The van der Waals surface area contributed by atoms with Gasteiger partial charge in [0.1, 0.15) is 6.04 Å². The van der Waals surface area contributed by atoms with E-state index in [1.165, 1.54) is 0 Å². The number of rotatable bonds is 6. The number of benzene rings is 2. The van der Waals surface area contributed by atoms with E-state index in [-0.39, 0.29) is 23.8 Å². The summed E-state index contributed by atoms with van der Waals surface area (Å²) in [5.41, 5.74) is 1.34. The molecule has 2 atom stereocenters. The van der Waals surface area contributed by atoms with Gasteiger partial charge in [-0.15, -0.1) is 0 Å². The van der Waals surface area contributed by atoms with Crippen LogP contribution in [0.25, 0.3) is 0 Å². The number of carbonyl (C=O) groups excluding carboxylic acids is 2. The fourth-order valence-electron chi connectivity index (χ4n) is 2.54. The molecular weight excluding hydrogens is 416 g/mol. The van der Waals surface area contributed by atoms with Crippen LogP contribution in [0.1, 0.15) is 42.7 Å². The zero-order valence-electron chi connectivity index (χ0n) is 14.9. The fraction of sp³-hybridized carbons (Fsp3) is 0.300. The van der Waals surface area contributed by atoms with Crippen LogP contribution in [-0.4, -0.2) is 17.9 Å². The maximum absolute atomic E-state index is 12.7. The first-order valence-electron chi connectivity index (χ1n) is 8.41. The molecule has 0 fully saturated rings. The number of carbonyl (C=O) groups is 2. The van der Waals surface area contributed by atoms with Gasteiger partial charge in [-0.1, -0.05) is 65.6 Å². The fourth-order valence-corrected chi connectivity index (χ4v) is 3.02. The Morgan fingerprint density at radius 1 is 0.962 bits per heavy atom. The van der Waals surface area contributed by atoms with Crippen molar-refractivity contribution in [3.8, 4) is 0 Å². The molecule has 2 amide bonds. The van der Waals surface area contributed by atoms with Crippen LogP contribution in [0.2, 0.25) is 5.02 Å². The van der Waals surface area contributed by atoms with Crippen LogP contribution in [0.3, 0.4) is 0 Å². The summed E-state index contributed by atoms with van der Waals surface area (Å²) < 4.78 is 0.979. The summed E-state index contributed by atoms with van der Waals surface area (Å²) in [4.78, 5) is 25.2. The maximum atomic E-state index is 12.7. The third-order valence-electron chi connectivity index (χ3n) is 4.08. The molecule has 2 aromatic rings. The highest BCUT2D eigenvalue weighted by molar-refractivity contribution is 9.10. The Hall–Kier alpha value is -1.85. The molecule has 0 heterocycles. The summed E-state index contributed by atoms with van der Waals surface area (Å²) in [6.45, 7) is 5.69. The highest BCUT2D eigenvalue weighted by Crippen LogP contribution is 2.18. The average Bonchev–Trinajstić information content (AvgIpc) is 2.59. The van der Waals surface area contributed by atoms with Crippen LogP contribution in [0, 0.1) is 5.92 Å². The van der Waals surface area contributed by atoms with Gasteiger partial charge < -0.3 is 10.6 Å². The molecule has 0 aliphatic rings. The molecule has 2 aromatic carbocycles. The van der Waals surface area contributed by atoms with Crippen LogP contribution in [0.5, 0.6) is 0 Å². The molecule has 138 valence electrons. The Kier molecular flexibility index (Phi) is 7.23. The lowest BCUT2D eigenvalue weighted by atomic mass is 10.0. The Bertz CT molecular complexity index is 778. The SMILES string of the molecule is CC(NC(=O)C(NC(=O)c1ccccc1Cl)C(C)C)c1ccc(Br)cc1. The van der Waals surface area contributed by atoms with Crippen LogP contribution in [0.15, 0.2) is 53.0 Å². The zero-order valence-corrected chi connectivity index (χ0v) is 17.3. The molecule has 0 radical (unpaired) electrons. The second-order valence-electron chi connectivity index (χ2n) is 6.46. The molecule has 0 aliphatic heterocycles. The maximum Gasteiger partial charge on any atom is 0.253 e. The summed E-state index contributed by atoms with van der Waals surface area (Å²) in [6, 6.07) is 13.7. The molecule has 2 N–H and O–H groups in total. The first-order valence-corrected chi connectivity index (χ1v) is 9.58. The van der Waals surface area contributed by atoms with Gasteiger partial charge in [0.25, 0.3) is 5.91 Å². The van der Waals surface area contributed by atoms with Crippen molar-refractivity contribution in [3.63, 3.8) is 0 Å². The molecule has 4 nitrogen and oxygen atoms in total. The van der Waals surface area contributed by atoms with Crippen molar-refractivity contribution in [2.24, 2.45) is 5.92 Å². The normalized spacial score (nSPS) is 13.2. The zero-order chi connectivity index (χ0) is 19.3. The second-order valence-corrected chi connectivity index (χ2v) is 7.78. The third kappa shape index (κ3) is 5.32. The van der Waals surface area contributed by atoms with Gasteiger partial charge in [-0.2, -0.15) is 0 Å². The molecule has 0 aromatic heterocycles. The molecule has 2 unspecified atom stereocenters. The van der Waals surface area contributed by atoms with Crippen molar-refractivity contribution < 1.29 is 9.59 Å². The van der Waals surface area contributed by atoms with E-state index >= 15 is 0 Å². The van der Waals surface area contributed by atoms with E-state index in [4.69, 9.17) is 11.6 Å². The highest BCUT2D eigenvalue weighted by atomic mass is 79.9. The number of hydrogen-bond acceptors (Lipinski definition) is 2. The minimum Gasteiger partial charge on any atom is -0.348 e. The topological polar surface area (TPSA) is 58.2 Å². The van der Waals surface area contributed by atoms with E-state index in [1.807, 2.05) is 45.0 Å². The van der Waals surface area contributed by atoms with Crippen molar-refractivity contribution in [1.82, 2.24) is 10.6 Å². The molecule has 0 saturated carbocycles. The largest absolute Gasteiger partial charge is 0.348 e. The predicted octanol–water partition coefficient (Wildman–Crippen LogP) is 4.73. The number of amides is 2. The Balaban J connectivity index is 2.08. The van der Waals surface area contributed by atoms with Crippen molar-refractivity contribution in [3.05, 3.63) is 69.2 Å². The Morgan fingerprint density at radius 2 is 1.58 bits per heavy atom. The van der Waals surface area contributed by atoms with E-state index < -0.39 is 6.04 Å². The first-order chi connectivity index (χ1) is 12.3. The van der Waals surface area contributed by atoms with Gasteiger partial charge in [0, 0.05) is 4.47 Å². The molecule has 0 spiro atoms. The molecule has 0 saturated heterocycles. The third-order valence-corrected chi connectivity index (χ3v) is 4.94. The van der Waals surface area contributed by atoms with E-state index in [1.54, 1.807) is 24.3 Å². The lowest BCUT2D eigenvalue weighted by Gasteiger charge is -2.24. The lowest BCUT2D eigenvalue weighted by Crippen LogP contribution is -2.50. The summed E-state index contributed by atoms with van der Waals surface area (Å²) in [7, 11) is 0. The molecule has 26 heavy (non-hydrogen) atoms. The van der Waals surface area contributed by atoms with Crippen LogP contribution >= 0.6 is 27.5 Å². The van der Waals surface area contributed by atoms with Crippen LogP contribution < -0.4 is 10.6 Å². The van der Waals surface area contributed by atoms with Gasteiger partial charge in [0.05, 0.1) is 16.6 Å². The van der Waals surface area contributed by atoms with E-state index in [9.17, 15) is 9.59 Å². The van der Waals surface area contributed by atoms with Gasteiger partial charge in [-0.05, 0) is 42.7 Å². The smallest absolute Gasteiger partial charge is 0.253 e. The van der Waals surface area contributed by atoms with Gasteiger partial charge in [-0.3, -0.25) is 9.59 Å². The molecular formula is C20H22BrClN2O2. The summed E-state index contributed by atoms with van der Waals surface area (Å²) >= 11 is 9.47. The number of halogens is 2. The first kappa shape index (κ1) is 20.5. The monoisotopic (exact) mass is 436 g/mol. The second kappa shape index (κ2) is 9.19. The number of nitrogens with one attached hydrogen (secondary N) is 2. The Morgan fingerprint density at radius 3 is 2.15 bits per heavy atom. The minimum atomic E-state index is -0.656. The van der Waals surface area contributed by atoms with Crippen molar-refractivity contribution >= 4 is 39.3 Å². The number of hydrogen-bond donors (Lipinski definition) is 2. The molecule has 6 heteroatoms. The highest BCUT2D eigenvalue weighted by Gasteiger charge is 2.26. The molecule has 0 aliphatic carbocycles. The van der Waals surface area contributed by atoms with Crippen LogP contribution in [-0.2, 0) is 4.79 Å². The Labute approximate surface area is 167 Å². The summed E-state index contributed by atoms with van der Waals surface area (Å²) in [6.07, 6.45) is 0. The molecule has 2 rings (SSSR count). The van der Waals surface area contributed by atoms with Crippen molar-refractivity contribution in [2.45, 2.75) is 32.9 Å². The van der Waals surface area contributed by atoms with Gasteiger partial charge in [0.15, 0.2) is 0 Å².